The van der Waals surface area contributed by atoms with Gasteiger partial charge < -0.3 is 15.6 Å². The summed E-state index contributed by atoms with van der Waals surface area (Å²) >= 11 is 0. The van der Waals surface area contributed by atoms with Crippen molar-refractivity contribution < 1.29 is 4.79 Å². The summed E-state index contributed by atoms with van der Waals surface area (Å²) in [6, 6.07) is 8.68. The van der Waals surface area contributed by atoms with Crippen LogP contribution < -0.4 is 11.1 Å². The van der Waals surface area contributed by atoms with E-state index in [1.807, 2.05) is 29.9 Å². The first kappa shape index (κ1) is 18.6. The summed E-state index contributed by atoms with van der Waals surface area (Å²) in [7, 11) is 2.03. The van der Waals surface area contributed by atoms with Gasteiger partial charge in [0.25, 0.3) is 5.91 Å². The Labute approximate surface area is 164 Å². The molecule has 0 saturated heterocycles. The van der Waals surface area contributed by atoms with Crippen LogP contribution in [0.1, 0.15) is 54.5 Å². The molecule has 148 valence electrons. The number of fused-ring (bicyclic) bond motifs is 1. The molecule has 8 nitrogen and oxygen atoms in total. The van der Waals surface area contributed by atoms with Gasteiger partial charge >= 0.3 is 0 Å². The van der Waals surface area contributed by atoms with Gasteiger partial charge in [-0.05, 0) is 44.2 Å². The van der Waals surface area contributed by atoms with E-state index >= 15 is 0 Å². The van der Waals surface area contributed by atoms with E-state index in [1.165, 1.54) is 0 Å². The molecule has 2 heterocycles. The van der Waals surface area contributed by atoms with Gasteiger partial charge in [0.05, 0.1) is 23.3 Å². The molecule has 3 N–H and O–H groups in total. The van der Waals surface area contributed by atoms with Gasteiger partial charge in [0.1, 0.15) is 5.82 Å². The zero-order valence-electron chi connectivity index (χ0n) is 16.2. The molecule has 1 saturated carbocycles. The molecule has 2 aromatic heterocycles. The number of nitrogens with two attached hydrogens (primary N) is 1. The van der Waals surface area contributed by atoms with Gasteiger partial charge in [-0.2, -0.15) is 0 Å². The van der Waals surface area contributed by atoms with Gasteiger partial charge in [-0.3, -0.25) is 4.79 Å². The van der Waals surface area contributed by atoms with E-state index < -0.39 is 0 Å². The van der Waals surface area contributed by atoms with E-state index in [1.54, 1.807) is 6.20 Å². The fraction of sp³-hybridized carbons (Fsp3) is 0.500. The van der Waals surface area contributed by atoms with Crippen molar-refractivity contribution in [2.24, 2.45) is 12.8 Å². The van der Waals surface area contributed by atoms with Crippen LogP contribution in [-0.4, -0.2) is 43.0 Å². The summed E-state index contributed by atoms with van der Waals surface area (Å²) in [5.74, 6) is 0.848. The lowest BCUT2D eigenvalue weighted by Gasteiger charge is -2.25. The van der Waals surface area contributed by atoms with E-state index in [4.69, 9.17) is 5.73 Å². The third kappa shape index (κ3) is 3.91. The molecule has 1 aliphatic rings. The smallest absolute Gasteiger partial charge is 0.273 e. The molecule has 0 atom stereocenters. The molecule has 0 bridgehead atoms. The molecule has 4 rings (SSSR count). The van der Waals surface area contributed by atoms with Crippen LogP contribution in [0.2, 0.25) is 0 Å². The normalized spacial score (nSPS) is 19.8. The molecular formula is C20H27N7O. The van der Waals surface area contributed by atoms with E-state index in [-0.39, 0.29) is 5.91 Å². The molecule has 28 heavy (non-hydrogen) atoms. The highest BCUT2D eigenvalue weighted by Crippen LogP contribution is 2.26. The average molecular weight is 381 g/mol. The maximum absolute atomic E-state index is 12.3. The minimum Gasteiger partial charge on any atom is -0.351 e. The molecule has 1 amide bonds. The molecule has 8 heteroatoms. The third-order valence-electron chi connectivity index (χ3n) is 5.60. The highest BCUT2D eigenvalue weighted by atomic mass is 16.2. The second-order valence-corrected chi connectivity index (χ2v) is 7.59. The Balaban J connectivity index is 1.27. The van der Waals surface area contributed by atoms with Crippen LogP contribution in [0.15, 0.2) is 30.5 Å². The van der Waals surface area contributed by atoms with Crippen LogP contribution in [0.4, 0.5) is 0 Å². The van der Waals surface area contributed by atoms with E-state index in [0.717, 1.165) is 55.4 Å². The van der Waals surface area contributed by atoms with Gasteiger partial charge in [-0.25, -0.2) is 9.67 Å². The number of imidazole rings is 1. The number of rotatable bonds is 6. The number of carbonyl (C=O) groups excluding carboxylic acids is 1. The van der Waals surface area contributed by atoms with Crippen molar-refractivity contribution in [2.45, 2.75) is 50.6 Å². The SMILES string of the molecule is Cn1c(CCCNC(=O)c2cn(C3CCC(N)CC3)nn2)nc2ccccc21. The van der Waals surface area contributed by atoms with Crippen molar-refractivity contribution >= 4 is 16.9 Å². The first-order valence-electron chi connectivity index (χ1n) is 9.98. The lowest BCUT2D eigenvalue weighted by atomic mass is 9.92. The zero-order valence-corrected chi connectivity index (χ0v) is 16.2. The predicted octanol–water partition coefficient (Wildman–Crippen LogP) is 1.97. The Morgan fingerprint density at radius 1 is 1.25 bits per heavy atom. The lowest BCUT2D eigenvalue weighted by molar-refractivity contribution is 0.0948. The highest BCUT2D eigenvalue weighted by Gasteiger charge is 2.22. The van der Waals surface area contributed by atoms with Crippen molar-refractivity contribution in [1.29, 1.82) is 0 Å². The lowest BCUT2D eigenvalue weighted by Crippen LogP contribution is -2.28. The predicted molar refractivity (Wildman–Crippen MR) is 107 cm³/mol. The standard InChI is InChI=1S/C20H27N7O/c1-26-18-6-3-2-5-16(18)23-19(26)7-4-12-22-20(28)17-13-27(25-24-17)15-10-8-14(21)9-11-15/h2-3,5-6,13-15H,4,7-12,21H2,1H3,(H,22,28). The van der Waals surface area contributed by atoms with Crippen molar-refractivity contribution in [3.8, 4) is 0 Å². The number of hydrogen-bond donors (Lipinski definition) is 2. The quantitative estimate of drug-likeness (QED) is 0.635. The second kappa shape index (κ2) is 8.10. The minimum absolute atomic E-state index is 0.177. The molecule has 0 unspecified atom stereocenters. The average Bonchev–Trinajstić information content (AvgIpc) is 3.32. The highest BCUT2D eigenvalue weighted by molar-refractivity contribution is 5.91. The Kier molecular flexibility index (Phi) is 5.38. The molecule has 1 fully saturated rings. The summed E-state index contributed by atoms with van der Waals surface area (Å²) in [6.07, 6.45) is 7.34. The molecule has 1 aliphatic carbocycles. The van der Waals surface area contributed by atoms with Crippen molar-refractivity contribution in [3.05, 3.63) is 42.0 Å². The van der Waals surface area contributed by atoms with Gasteiger partial charge in [0, 0.05) is 26.1 Å². The fourth-order valence-electron chi connectivity index (χ4n) is 3.88. The van der Waals surface area contributed by atoms with Crippen LogP contribution in [0.3, 0.4) is 0 Å². The number of aryl methyl sites for hydroxylation is 2. The van der Waals surface area contributed by atoms with Crippen LogP contribution in [0, 0.1) is 0 Å². The number of carbonyl (C=O) groups is 1. The van der Waals surface area contributed by atoms with E-state index in [9.17, 15) is 4.79 Å². The van der Waals surface area contributed by atoms with Crippen molar-refractivity contribution in [1.82, 2.24) is 29.9 Å². The summed E-state index contributed by atoms with van der Waals surface area (Å²) in [5, 5.41) is 11.1. The number of benzene rings is 1. The summed E-state index contributed by atoms with van der Waals surface area (Å²) in [6.45, 7) is 0.577. The van der Waals surface area contributed by atoms with Crippen LogP contribution >= 0.6 is 0 Å². The monoisotopic (exact) mass is 381 g/mol. The molecule has 3 aromatic rings. The van der Waals surface area contributed by atoms with Crippen molar-refractivity contribution in [3.63, 3.8) is 0 Å². The van der Waals surface area contributed by atoms with Gasteiger partial charge in [0.2, 0.25) is 0 Å². The van der Waals surface area contributed by atoms with E-state index in [2.05, 4.69) is 31.2 Å². The zero-order chi connectivity index (χ0) is 19.5. The number of amides is 1. The summed E-state index contributed by atoms with van der Waals surface area (Å²) < 4.78 is 3.93. The molecule has 0 spiro atoms. The Hall–Kier alpha value is -2.74. The summed E-state index contributed by atoms with van der Waals surface area (Å²) in [4.78, 5) is 17.0. The van der Waals surface area contributed by atoms with Crippen LogP contribution in [0.5, 0.6) is 0 Å². The first-order chi connectivity index (χ1) is 13.6. The topological polar surface area (TPSA) is 104 Å². The number of nitrogens with zero attached hydrogens (tertiary/aromatic N) is 5. The van der Waals surface area contributed by atoms with Crippen molar-refractivity contribution in [2.75, 3.05) is 6.54 Å². The number of para-hydroxylation sites is 2. The van der Waals surface area contributed by atoms with E-state index in [0.29, 0.717) is 24.3 Å². The number of nitrogens with one attached hydrogen (secondary N) is 1. The molecule has 0 radical (unpaired) electrons. The number of hydrogen-bond acceptors (Lipinski definition) is 5. The third-order valence-corrected chi connectivity index (χ3v) is 5.60. The fourth-order valence-corrected chi connectivity index (χ4v) is 3.88. The van der Waals surface area contributed by atoms with Crippen LogP contribution in [0.25, 0.3) is 11.0 Å². The first-order valence-corrected chi connectivity index (χ1v) is 9.98. The van der Waals surface area contributed by atoms with Gasteiger partial charge in [-0.1, -0.05) is 17.3 Å². The maximum atomic E-state index is 12.3. The Bertz CT molecular complexity index is 953. The maximum Gasteiger partial charge on any atom is 0.273 e. The Morgan fingerprint density at radius 2 is 2.04 bits per heavy atom. The van der Waals surface area contributed by atoms with Gasteiger partial charge in [0.15, 0.2) is 5.69 Å². The minimum atomic E-state index is -0.177. The number of aromatic nitrogens is 5. The van der Waals surface area contributed by atoms with Gasteiger partial charge in [-0.15, -0.1) is 5.10 Å². The molecule has 0 aliphatic heterocycles. The largest absolute Gasteiger partial charge is 0.351 e. The van der Waals surface area contributed by atoms with Crippen LogP contribution in [-0.2, 0) is 13.5 Å². The summed E-state index contributed by atoms with van der Waals surface area (Å²) in [5.41, 5.74) is 8.46. The second-order valence-electron chi connectivity index (χ2n) is 7.59. The molecule has 1 aromatic carbocycles. The molecular weight excluding hydrogens is 354 g/mol. The Morgan fingerprint density at radius 3 is 2.82 bits per heavy atom.